The maximum absolute atomic E-state index is 3.50. The summed E-state index contributed by atoms with van der Waals surface area (Å²) in [5, 5.41) is 3.50. The molecule has 0 radical (unpaired) electrons. The first-order valence-electron chi connectivity index (χ1n) is 4.45. The van der Waals surface area contributed by atoms with Gasteiger partial charge in [-0.15, -0.1) is 0 Å². The number of fused-ring (bicyclic) bond motifs is 1. The minimum absolute atomic E-state index is 0.167. The van der Waals surface area contributed by atoms with E-state index in [2.05, 4.69) is 44.3 Å². The first-order chi connectivity index (χ1) is 5.61. The highest BCUT2D eigenvalue weighted by molar-refractivity contribution is 5.42. The molecule has 0 aliphatic carbocycles. The van der Waals surface area contributed by atoms with Gasteiger partial charge in [0.05, 0.1) is 0 Å². The summed E-state index contributed by atoms with van der Waals surface area (Å²) in [5.74, 6) is 0. The first kappa shape index (κ1) is 7.81. The van der Waals surface area contributed by atoms with Gasteiger partial charge >= 0.3 is 0 Å². The second kappa shape index (κ2) is 2.33. The fraction of sp³-hybridized carbons (Fsp3) is 0.455. The Hall–Kier alpha value is -0.820. The Labute approximate surface area is 73.8 Å². The Morgan fingerprint density at radius 1 is 1.33 bits per heavy atom. The maximum Gasteiger partial charge on any atom is 0.0386 e. The predicted octanol–water partition coefficient (Wildman–Crippen LogP) is 2.33. The average Bonchev–Trinajstić information content (AvgIpc) is 2.29. The molecule has 0 saturated carbocycles. The fourth-order valence-electron chi connectivity index (χ4n) is 2.17. The van der Waals surface area contributed by atoms with Crippen LogP contribution in [0.1, 0.15) is 30.5 Å². The van der Waals surface area contributed by atoms with Gasteiger partial charge in [0.25, 0.3) is 0 Å². The van der Waals surface area contributed by atoms with E-state index in [1.807, 2.05) is 0 Å². The highest BCUT2D eigenvalue weighted by atomic mass is 15.0. The summed E-state index contributed by atoms with van der Waals surface area (Å²) in [6.07, 6.45) is 0. The molecule has 0 bridgehead atoms. The summed E-state index contributed by atoms with van der Waals surface area (Å²) in [7, 11) is 0. The molecule has 1 aromatic rings. The zero-order valence-electron chi connectivity index (χ0n) is 7.94. The van der Waals surface area contributed by atoms with E-state index in [4.69, 9.17) is 0 Å². The lowest BCUT2D eigenvalue weighted by molar-refractivity contribution is 0.441. The van der Waals surface area contributed by atoms with Gasteiger partial charge in [-0.1, -0.05) is 18.2 Å². The van der Waals surface area contributed by atoms with Crippen LogP contribution in [0.25, 0.3) is 0 Å². The average molecular weight is 161 g/mol. The molecule has 1 aliphatic rings. The Balaban J connectivity index is 2.64. The molecule has 0 unspecified atom stereocenters. The highest BCUT2D eigenvalue weighted by Crippen LogP contribution is 2.32. The lowest BCUT2D eigenvalue weighted by Crippen LogP contribution is -2.29. The third-order valence-corrected chi connectivity index (χ3v) is 2.70. The van der Waals surface area contributed by atoms with Crippen LogP contribution in [0.3, 0.4) is 0 Å². The van der Waals surface area contributed by atoms with Gasteiger partial charge < -0.3 is 5.32 Å². The van der Waals surface area contributed by atoms with Gasteiger partial charge in [-0.2, -0.15) is 0 Å². The summed E-state index contributed by atoms with van der Waals surface area (Å²) in [6, 6.07) is 6.54. The molecule has 1 N–H and O–H groups in total. The monoisotopic (exact) mass is 161 g/mol. The molecule has 1 heterocycles. The van der Waals surface area contributed by atoms with Crippen molar-refractivity contribution in [3.8, 4) is 0 Å². The molecule has 1 nitrogen and oxygen atoms in total. The highest BCUT2D eigenvalue weighted by Gasteiger charge is 2.29. The van der Waals surface area contributed by atoms with Crippen LogP contribution in [0.5, 0.6) is 0 Å². The molecule has 1 heteroatoms. The Bertz CT molecular complexity index is 313. The zero-order valence-corrected chi connectivity index (χ0v) is 7.94. The van der Waals surface area contributed by atoms with Crippen molar-refractivity contribution in [3.63, 3.8) is 0 Å². The lowest BCUT2D eigenvalue weighted by atomic mass is 9.91. The van der Waals surface area contributed by atoms with E-state index < -0.39 is 0 Å². The predicted molar refractivity (Wildman–Crippen MR) is 51.0 cm³/mol. The number of benzene rings is 1. The van der Waals surface area contributed by atoms with E-state index in [0.717, 1.165) is 6.54 Å². The number of rotatable bonds is 0. The van der Waals surface area contributed by atoms with E-state index in [0.29, 0.717) is 0 Å². The Kier molecular flexibility index (Phi) is 1.52. The molecular weight excluding hydrogens is 146 g/mol. The van der Waals surface area contributed by atoms with Crippen LogP contribution in [0.4, 0.5) is 0 Å². The van der Waals surface area contributed by atoms with E-state index in [1.165, 1.54) is 16.7 Å². The second-order valence-corrected chi connectivity index (χ2v) is 4.09. The topological polar surface area (TPSA) is 12.0 Å². The molecule has 12 heavy (non-hydrogen) atoms. The molecule has 0 spiro atoms. The molecule has 64 valence electrons. The molecule has 0 fully saturated rings. The molecule has 0 amide bonds. The number of hydrogen-bond acceptors (Lipinski definition) is 1. The molecule has 2 rings (SSSR count). The van der Waals surface area contributed by atoms with Crippen molar-refractivity contribution in [2.75, 3.05) is 0 Å². The van der Waals surface area contributed by atoms with Gasteiger partial charge in [0.1, 0.15) is 0 Å². The minimum atomic E-state index is 0.167. The molecular formula is C11H15N. The quantitative estimate of drug-likeness (QED) is 0.615. The van der Waals surface area contributed by atoms with Gasteiger partial charge in [0.15, 0.2) is 0 Å². The number of nitrogens with one attached hydrogen (secondary N) is 1. The fourth-order valence-corrected chi connectivity index (χ4v) is 2.17. The second-order valence-electron chi connectivity index (χ2n) is 4.09. The van der Waals surface area contributed by atoms with Gasteiger partial charge in [0.2, 0.25) is 0 Å². The first-order valence-corrected chi connectivity index (χ1v) is 4.45. The van der Waals surface area contributed by atoms with Crippen molar-refractivity contribution in [1.29, 1.82) is 0 Å². The van der Waals surface area contributed by atoms with Gasteiger partial charge in [-0.3, -0.25) is 0 Å². The molecule has 0 saturated heterocycles. The van der Waals surface area contributed by atoms with E-state index in [1.54, 1.807) is 0 Å². The maximum atomic E-state index is 3.50. The van der Waals surface area contributed by atoms with E-state index in [9.17, 15) is 0 Å². The lowest BCUT2D eigenvalue weighted by Gasteiger charge is -2.21. The SMILES string of the molecule is Cc1cccc2c1C(C)(C)NC2. The molecule has 0 aromatic heterocycles. The van der Waals surface area contributed by atoms with Crippen LogP contribution in [0.15, 0.2) is 18.2 Å². The van der Waals surface area contributed by atoms with Gasteiger partial charge in [-0.25, -0.2) is 0 Å². The Morgan fingerprint density at radius 3 is 2.75 bits per heavy atom. The Morgan fingerprint density at radius 2 is 2.08 bits per heavy atom. The molecule has 1 aromatic carbocycles. The van der Waals surface area contributed by atoms with Crippen molar-refractivity contribution in [3.05, 3.63) is 34.9 Å². The van der Waals surface area contributed by atoms with Crippen LogP contribution < -0.4 is 5.32 Å². The van der Waals surface area contributed by atoms with Crippen LogP contribution >= 0.6 is 0 Å². The van der Waals surface area contributed by atoms with E-state index >= 15 is 0 Å². The summed E-state index contributed by atoms with van der Waals surface area (Å²) in [5.41, 5.74) is 4.52. The summed E-state index contributed by atoms with van der Waals surface area (Å²) < 4.78 is 0. The van der Waals surface area contributed by atoms with Crippen LogP contribution in [-0.4, -0.2) is 0 Å². The normalized spacial score (nSPS) is 19.2. The number of aryl methyl sites for hydroxylation is 1. The van der Waals surface area contributed by atoms with Crippen molar-refractivity contribution < 1.29 is 0 Å². The molecule has 1 aliphatic heterocycles. The van der Waals surface area contributed by atoms with Crippen molar-refractivity contribution in [1.82, 2.24) is 5.32 Å². The smallest absolute Gasteiger partial charge is 0.0386 e. The largest absolute Gasteiger partial charge is 0.304 e. The van der Waals surface area contributed by atoms with Crippen molar-refractivity contribution >= 4 is 0 Å². The van der Waals surface area contributed by atoms with E-state index in [-0.39, 0.29) is 5.54 Å². The van der Waals surface area contributed by atoms with Crippen LogP contribution in [-0.2, 0) is 12.1 Å². The third kappa shape index (κ3) is 0.969. The minimum Gasteiger partial charge on any atom is -0.304 e. The standard InChI is InChI=1S/C11H15N/c1-8-5-4-6-9-7-12-11(2,3)10(8)9/h4-6,12H,7H2,1-3H3. The third-order valence-electron chi connectivity index (χ3n) is 2.70. The summed E-state index contributed by atoms with van der Waals surface area (Å²) >= 11 is 0. The van der Waals surface area contributed by atoms with Crippen molar-refractivity contribution in [2.24, 2.45) is 0 Å². The number of hydrogen-bond donors (Lipinski definition) is 1. The van der Waals surface area contributed by atoms with Crippen LogP contribution in [0.2, 0.25) is 0 Å². The van der Waals surface area contributed by atoms with Crippen molar-refractivity contribution in [2.45, 2.75) is 32.9 Å². The summed E-state index contributed by atoms with van der Waals surface area (Å²) in [6.45, 7) is 7.69. The summed E-state index contributed by atoms with van der Waals surface area (Å²) in [4.78, 5) is 0. The van der Waals surface area contributed by atoms with Gasteiger partial charge in [0, 0.05) is 12.1 Å². The van der Waals surface area contributed by atoms with Crippen LogP contribution in [0, 0.1) is 6.92 Å². The zero-order chi connectivity index (χ0) is 8.77. The van der Waals surface area contributed by atoms with Gasteiger partial charge in [-0.05, 0) is 37.5 Å². The molecule has 0 atom stereocenters.